The van der Waals surface area contributed by atoms with Crippen molar-refractivity contribution in [3.63, 3.8) is 0 Å². The molecule has 23 heavy (non-hydrogen) atoms. The van der Waals surface area contributed by atoms with Crippen molar-refractivity contribution in [2.75, 3.05) is 36.4 Å². The Kier molecular flexibility index (Phi) is 4.71. The molecule has 0 bridgehead atoms. The van der Waals surface area contributed by atoms with Gasteiger partial charge in [-0.05, 0) is 45.2 Å². The first kappa shape index (κ1) is 16.1. The van der Waals surface area contributed by atoms with Crippen molar-refractivity contribution in [3.8, 4) is 0 Å². The van der Waals surface area contributed by atoms with E-state index in [9.17, 15) is 9.90 Å². The first-order valence-corrected chi connectivity index (χ1v) is 8.54. The lowest BCUT2D eigenvalue weighted by atomic mass is 9.93. The van der Waals surface area contributed by atoms with E-state index in [-0.39, 0.29) is 0 Å². The first-order valence-electron chi connectivity index (χ1n) is 8.54. The Bertz CT molecular complexity index is 564. The summed E-state index contributed by atoms with van der Waals surface area (Å²) in [7, 11) is 0. The van der Waals surface area contributed by atoms with Crippen molar-refractivity contribution in [3.05, 3.63) is 17.7 Å². The third-order valence-electron chi connectivity index (χ3n) is 4.88. The van der Waals surface area contributed by atoms with E-state index >= 15 is 0 Å². The summed E-state index contributed by atoms with van der Waals surface area (Å²) < 4.78 is 0. The van der Waals surface area contributed by atoms with Gasteiger partial charge >= 0.3 is 5.97 Å². The maximum absolute atomic E-state index is 11.4. The maximum Gasteiger partial charge on any atom is 0.335 e. The van der Waals surface area contributed by atoms with Gasteiger partial charge in [0.2, 0.25) is 0 Å². The minimum Gasteiger partial charge on any atom is -0.478 e. The van der Waals surface area contributed by atoms with Crippen molar-refractivity contribution in [2.45, 2.75) is 45.2 Å². The van der Waals surface area contributed by atoms with Crippen LogP contribution in [0.2, 0.25) is 0 Å². The number of aromatic nitrogens is 1. The quantitative estimate of drug-likeness (QED) is 0.868. The van der Waals surface area contributed by atoms with Gasteiger partial charge in [-0.15, -0.1) is 0 Å². The Balaban J connectivity index is 1.76. The smallest absolute Gasteiger partial charge is 0.335 e. The van der Waals surface area contributed by atoms with Gasteiger partial charge < -0.3 is 15.3 Å². The lowest BCUT2D eigenvalue weighted by Crippen LogP contribution is -2.49. The fourth-order valence-corrected chi connectivity index (χ4v) is 3.10. The molecule has 0 radical (unpaired) electrons. The van der Waals surface area contributed by atoms with Gasteiger partial charge in [-0.3, -0.25) is 4.90 Å². The number of nitrogens with one attached hydrogen (secondary N) is 1. The summed E-state index contributed by atoms with van der Waals surface area (Å²) in [4.78, 5) is 20.7. The molecule has 1 aromatic rings. The largest absolute Gasteiger partial charge is 0.478 e. The van der Waals surface area contributed by atoms with E-state index in [1.807, 2.05) is 0 Å². The van der Waals surface area contributed by atoms with E-state index in [0.29, 0.717) is 23.5 Å². The molecule has 0 amide bonds. The highest BCUT2D eigenvalue weighted by Gasteiger charge is 2.23. The van der Waals surface area contributed by atoms with E-state index < -0.39 is 5.97 Å². The lowest BCUT2D eigenvalue weighted by Gasteiger charge is -2.37. The van der Waals surface area contributed by atoms with E-state index in [1.165, 1.54) is 6.42 Å². The predicted molar refractivity (Wildman–Crippen MR) is 91.4 cm³/mol. The minimum absolute atomic E-state index is 0.308. The predicted octanol–water partition coefficient (Wildman–Crippen LogP) is 2.27. The number of piperazine rings is 1. The van der Waals surface area contributed by atoms with Crippen LogP contribution in [0.1, 0.15) is 43.5 Å². The average Bonchev–Trinajstić information content (AvgIpc) is 2.50. The highest BCUT2D eigenvalue weighted by atomic mass is 16.4. The van der Waals surface area contributed by atoms with Crippen molar-refractivity contribution < 1.29 is 9.90 Å². The normalized spacial score (nSPS) is 19.7. The van der Waals surface area contributed by atoms with Gasteiger partial charge in [0.1, 0.15) is 11.6 Å². The molecule has 3 rings (SSSR count). The number of carboxylic acids is 1. The summed E-state index contributed by atoms with van der Waals surface area (Å²) in [5.41, 5.74) is 0.308. The molecule has 2 heterocycles. The maximum atomic E-state index is 11.4. The topological polar surface area (TPSA) is 68.7 Å². The number of carbonyl (C=O) groups is 1. The van der Waals surface area contributed by atoms with Crippen LogP contribution < -0.4 is 10.2 Å². The lowest BCUT2D eigenvalue weighted by molar-refractivity contribution is 0.0697. The molecule has 2 aliphatic rings. The number of carboxylic acid groups (broad SMARTS) is 1. The zero-order valence-corrected chi connectivity index (χ0v) is 14.0. The average molecular weight is 318 g/mol. The molecule has 126 valence electrons. The Morgan fingerprint density at radius 2 is 1.96 bits per heavy atom. The van der Waals surface area contributed by atoms with Crippen LogP contribution in [0.15, 0.2) is 12.1 Å². The molecule has 1 aromatic heterocycles. The summed E-state index contributed by atoms with van der Waals surface area (Å²) in [6.45, 7) is 8.16. The number of rotatable bonds is 5. The summed E-state index contributed by atoms with van der Waals surface area (Å²) in [5.74, 6) is 0.567. The molecule has 0 unspecified atom stereocenters. The van der Waals surface area contributed by atoms with E-state index in [4.69, 9.17) is 0 Å². The molecular weight excluding hydrogens is 292 g/mol. The second-order valence-electron chi connectivity index (χ2n) is 6.79. The molecule has 1 saturated heterocycles. The first-order chi connectivity index (χ1) is 11.0. The van der Waals surface area contributed by atoms with Gasteiger partial charge in [-0.25, -0.2) is 9.78 Å². The molecule has 1 aliphatic heterocycles. The summed E-state index contributed by atoms with van der Waals surface area (Å²) in [6.07, 6.45) is 3.52. The highest BCUT2D eigenvalue weighted by Crippen LogP contribution is 2.25. The van der Waals surface area contributed by atoms with Gasteiger partial charge in [0.05, 0.1) is 5.56 Å². The number of anilines is 2. The van der Waals surface area contributed by atoms with Gasteiger partial charge in [-0.2, -0.15) is 0 Å². The summed E-state index contributed by atoms with van der Waals surface area (Å²) in [5, 5.41) is 12.7. The van der Waals surface area contributed by atoms with Gasteiger partial charge in [0.15, 0.2) is 0 Å². The van der Waals surface area contributed by atoms with Gasteiger partial charge in [-0.1, -0.05) is 0 Å². The van der Waals surface area contributed by atoms with Crippen LogP contribution >= 0.6 is 0 Å². The fourth-order valence-electron chi connectivity index (χ4n) is 3.10. The Hall–Kier alpha value is -1.82. The van der Waals surface area contributed by atoms with Gasteiger partial charge in [0.25, 0.3) is 0 Å². The standard InChI is InChI=1S/C17H26N4O2/c1-12(2)20-6-8-21(9-7-20)16-11-13(17(22)23)10-15(19-16)18-14-4-3-5-14/h10-12,14H,3-9H2,1-2H3,(H,18,19)(H,22,23). The molecule has 0 spiro atoms. The van der Waals surface area contributed by atoms with E-state index in [1.54, 1.807) is 12.1 Å². The second-order valence-corrected chi connectivity index (χ2v) is 6.79. The number of pyridine rings is 1. The van der Waals surface area contributed by atoms with E-state index in [2.05, 4.69) is 33.9 Å². The van der Waals surface area contributed by atoms with Crippen molar-refractivity contribution >= 4 is 17.6 Å². The van der Waals surface area contributed by atoms with Crippen LogP contribution in [-0.4, -0.2) is 59.2 Å². The highest BCUT2D eigenvalue weighted by molar-refractivity contribution is 5.89. The van der Waals surface area contributed by atoms with Crippen LogP contribution in [0.4, 0.5) is 11.6 Å². The minimum atomic E-state index is -0.897. The number of hydrogen-bond acceptors (Lipinski definition) is 5. The van der Waals surface area contributed by atoms with Crippen molar-refractivity contribution in [2.24, 2.45) is 0 Å². The van der Waals surface area contributed by atoms with Crippen LogP contribution in [0.5, 0.6) is 0 Å². The van der Waals surface area contributed by atoms with Crippen LogP contribution in [0.25, 0.3) is 0 Å². The van der Waals surface area contributed by atoms with Gasteiger partial charge in [0, 0.05) is 38.3 Å². The number of hydrogen-bond donors (Lipinski definition) is 2. The van der Waals surface area contributed by atoms with Crippen LogP contribution in [-0.2, 0) is 0 Å². The fraction of sp³-hybridized carbons (Fsp3) is 0.647. The van der Waals surface area contributed by atoms with Crippen LogP contribution in [0.3, 0.4) is 0 Å². The Morgan fingerprint density at radius 3 is 2.48 bits per heavy atom. The summed E-state index contributed by atoms with van der Waals surface area (Å²) >= 11 is 0. The zero-order valence-electron chi connectivity index (χ0n) is 14.0. The molecule has 6 heteroatoms. The SMILES string of the molecule is CC(C)N1CCN(c2cc(C(=O)O)cc(NC3CCC3)n2)CC1. The third-order valence-corrected chi connectivity index (χ3v) is 4.88. The molecule has 1 aliphatic carbocycles. The molecule has 0 atom stereocenters. The zero-order chi connectivity index (χ0) is 16.4. The second kappa shape index (κ2) is 6.74. The molecule has 1 saturated carbocycles. The third kappa shape index (κ3) is 3.75. The molecular formula is C17H26N4O2. The molecule has 2 fully saturated rings. The molecule has 2 N–H and O–H groups in total. The van der Waals surface area contributed by atoms with Crippen LogP contribution in [0, 0.1) is 0 Å². The molecule has 6 nitrogen and oxygen atoms in total. The Labute approximate surface area is 137 Å². The monoisotopic (exact) mass is 318 g/mol. The van der Waals surface area contributed by atoms with Crippen molar-refractivity contribution in [1.29, 1.82) is 0 Å². The Morgan fingerprint density at radius 1 is 1.26 bits per heavy atom. The van der Waals surface area contributed by atoms with Crippen molar-refractivity contribution in [1.82, 2.24) is 9.88 Å². The van der Waals surface area contributed by atoms with E-state index in [0.717, 1.165) is 44.8 Å². The number of nitrogens with zero attached hydrogens (tertiary/aromatic N) is 3. The summed E-state index contributed by atoms with van der Waals surface area (Å²) in [6, 6.07) is 4.33. The molecule has 0 aromatic carbocycles. The number of aromatic carboxylic acids is 1.